The molecule has 0 aliphatic rings. The van der Waals surface area contributed by atoms with Crippen LogP contribution in [0.5, 0.6) is 5.75 Å². The van der Waals surface area contributed by atoms with Gasteiger partial charge in [-0.15, -0.1) is 10.2 Å². The number of nitro groups is 1. The van der Waals surface area contributed by atoms with E-state index in [1.54, 1.807) is 38.6 Å². The van der Waals surface area contributed by atoms with Crippen molar-refractivity contribution in [1.82, 2.24) is 19.7 Å². The number of aromatic nitrogens is 4. The van der Waals surface area contributed by atoms with Crippen molar-refractivity contribution in [2.45, 2.75) is 12.1 Å². The second-order valence-corrected chi connectivity index (χ2v) is 7.99. The quantitative estimate of drug-likeness (QED) is 0.163. The van der Waals surface area contributed by atoms with Crippen LogP contribution in [0.25, 0.3) is 17.1 Å². The number of pyridine rings is 1. The van der Waals surface area contributed by atoms with Crippen molar-refractivity contribution >= 4 is 23.2 Å². The van der Waals surface area contributed by atoms with Gasteiger partial charge in [-0.25, -0.2) is 0 Å². The van der Waals surface area contributed by atoms with Crippen molar-refractivity contribution in [3.63, 3.8) is 0 Å². The Morgan fingerprint density at radius 2 is 1.82 bits per heavy atom. The Balaban J connectivity index is 1.65. The van der Waals surface area contributed by atoms with Crippen molar-refractivity contribution < 1.29 is 14.5 Å². The highest BCUT2D eigenvalue weighted by molar-refractivity contribution is 7.99. The van der Waals surface area contributed by atoms with Gasteiger partial charge in [-0.3, -0.25) is 24.5 Å². The standard InChI is InChI=1S/C23H19N5O4S/c1-15-3-4-17(13-20(15)28(30)31)21(29)14-33-23-26-25-22(16-9-11-24-12-10-16)27(23)18-5-7-19(32-2)8-6-18/h3-13H,14H2,1-2H3. The Kier molecular flexibility index (Phi) is 6.45. The molecule has 4 rings (SSSR count). The van der Waals surface area contributed by atoms with Crippen molar-refractivity contribution in [2.75, 3.05) is 12.9 Å². The van der Waals surface area contributed by atoms with Gasteiger partial charge in [0.1, 0.15) is 5.75 Å². The van der Waals surface area contributed by atoms with E-state index in [2.05, 4.69) is 15.2 Å². The number of aryl methyl sites for hydroxylation is 1. The van der Waals surface area contributed by atoms with Crippen LogP contribution in [0.2, 0.25) is 0 Å². The minimum absolute atomic E-state index is 0.0465. The summed E-state index contributed by atoms with van der Waals surface area (Å²) in [6, 6.07) is 15.6. The van der Waals surface area contributed by atoms with Gasteiger partial charge in [-0.05, 0) is 43.3 Å². The lowest BCUT2D eigenvalue weighted by Gasteiger charge is -2.11. The van der Waals surface area contributed by atoms with E-state index in [0.29, 0.717) is 22.3 Å². The highest BCUT2D eigenvalue weighted by Crippen LogP contribution is 2.29. The summed E-state index contributed by atoms with van der Waals surface area (Å²) in [5.74, 6) is 1.12. The summed E-state index contributed by atoms with van der Waals surface area (Å²) in [5.41, 5.74) is 2.33. The number of Topliss-reactive ketones (excluding diaryl/α,β-unsaturated/α-hetero) is 1. The molecule has 0 N–H and O–H groups in total. The topological polar surface area (TPSA) is 113 Å². The summed E-state index contributed by atoms with van der Waals surface area (Å²) in [6.07, 6.45) is 3.34. The molecule has 0 amide bonds. The van der Waals surface area contributed by atoms with Gasteiger partial charge < -0.3 is 4.74 Å². The molecular formula is C23H19N5O4S. The number of methoxy groups -OCH3 is 1. The van der Waals surface area contributed by atoms with Gasteiger partial charge in [0.25, 0.3) is 5.69 Å². The fourth-order valence-electron chi connectivity index (χ4n) is 3.21. The molecule has 33 heavy (non-hydrogen) atoms. The largest absolute Gasteiger partial charge is 0.497 e. The van der Waals surface area contributed by atoms with Crippen LogP contribution in [0.4, 0.5) is 5.69 Å². The molecule has 0 unspecified atom stereocenters. The smallest absolute Gasteiger partial charge is 0.273 e. The number of ketones is 1. The van der Waals surface area contributed by atoms with Gasteiger partial charge >= 0.3 is 0 Å². The summed E-state index contributed by atoms with van der Waals surface area (Å²) in [4.78, 5) is 27.6. The average molecular weight is 462 g/mol. The fourth-order valence-corrected chi connectivity index (χ4v) is 4.05. The summed E-state index contributed by atoms with van der Waals surface area (Å²) >= 11 is 1.21. The van der Waals surface area contributed by atoms with Crippen molar-refractivity contribution in [2.24, 2.45) is 0 Å². The Bertz CT molecular complexity index is 1310. The van der Waals surface area contributed by atoms with E-state index in [1.165, 1.54) is 17.8 Å². The van der Waals surface area contributed by atoms with Gasteiger partial charge in [-0.2, -0.15) is 0 Å². The molecule has 0 spiro atoms. The number of hydrogen-bond donors (Lipinski definition) is 0. The highest BCUT2D eigenvalue weighted by atomic mass is 32.2. The zero-order valence-electron chi connectivity index (χ0n) is 17.8. The number of nitro benzene ring substituents is 1. The SMILES string of the molecule is COc1ccc(-n2c(SCC(=O)c3ccc(C)c([N+](=O)[O-])c3)nnc2-c2ccncc2)cc1. The fraction of sp³-hybridized carbons (Fsp3) is 0.130. The third-order valence-corrected chi connectivity index (χ3v) is 5.89. The maximum absolute atomic E-state index is 12.8. The molecule has 2 heterocycles. The van der Waals surface area contributed by atoms with Gasteiger partial charge in [0.15, 0.2) is 16.8 Å². The molecule has 0 radical (unpaired) electrons. The molecule has 0 aliphatic heterocycles. The lowest BCUT2D eigenvalue weighted by atomic mass is 10.1. The van der Waals surface area contributed by atoms with Crippen LogP contribution < -0.4 is 4.74 Å². The zero-order valence-corrected chi connectivity index (χ0v) is 18.7. The summed E-state index contributed by atoms with van der Waals surface area (Å²) in [5, 5.41) is 20.4. The van der Waals surface area contributed by atoms with Crippen LogP contribution >= 0.6 is 11.8 Å². The van der Waals surface area contributed by atoms with E-state index in [4.69, 9.17) is 4.74 Å². The third kappa shape index (κ3) is 4.75. The molecule has 9 nitrogen and oxygen atoms in total. The molecule has 4 aromatic rings. The molecule has 10 heteroatoms. The number of carbonyl (C=O) groups is 1. The van der Waals surface area contributed by atoms with E-state index in [1.807, 2.05) is 41.0 Å². The zero-order chi connectivity index (χ0) is 23.4. The van der Waals surface area contributed by atoms with E-state index in [0.717, 1.165) is 11.3 Å². The highest BCUT2D eigenvalue weighted by Gasteiger charge is 2.19. The molecular weight excluding hydrogens is 442 g/mol. The number of rotatable bonds is 8. The summed E-state index contributed by atoms with van der Waals surface area (Å²) in [6.45, 7) is 1.64. The number of benzene rings is 2. The first-order valence-electron chi connectivity index (χ1n) is 9.89. The van der Waals surface area contributed by atoms with Crippen molar-refractivity contribution in [3.05, 3.63) is 88.2 Å². The molecule has 0 fully saturated rings. The predicted molar refractivity (Wildman–Crippen MR) is 124 cm³/mol. The second kappa shape index (κ2) is 9.61. The van der Waals surface area contributed by atoms with Gasteiger partial charge in [0.2, 0.25) is 0 Å². The van der Waals surface area contributed by atoms with Crippen LogP contribution in [0.3, 0.4) is 0 Å². The molecule has 0 saturated carbocycles. The first-order valence-corrected chi connectivity index (χ1v) is 10.9. The Morgan fingerprint density at radius 1 is 1.09 bits per heavy atom. The molecule has 0 atom stereocenters. The van der Waals surface area contributed by atoms with Gasteiger partial charge in [0, 0.05) is 40.8 Å². The number of nitrogens with zero attached hydrogens (tertiary/aromatic N) is 5. The van der Waals surface area contributed by atoms with Crippen LogP contribution in [0, 0.1) is 17.0 Å². The molecule has 2 aromatic carbocycles. The molecule has 166 valence electrons. The van der Waals surface area contributed by atoms with E-state index in [-0.39, 0.29) is 22.8 Å². The van der Waals surface area contributed by atoms with Gasteiger partial charge in [-0.1, -0.05) is 23.9 Å². The van der Waals surface area contributed by atoms with E-state index >= 15 is 0 Å². The number of ether oxygens (including phenoxy) is 1. The van der Waals surface area contributed by atoms with E-state index < -0.39 is 4.92 Å². The van der Waals surface area contributed by atoms with Crippen LogP contribution in [0.15, 0.2) is 72.1 Å². The second-order valence-electron chi connectivity index (χ2n) is 7.05. The minimum Gasteiger partial charge on any atom is -0.497 e. The summed E-state index contributed by atoms with van der Waals surface area (Å²) in [7, 11) is 1.60. The number of thioether (sulfide) groups is 1. The van der Waals surface area contributed by atoms with Crippen LogP contribution in [-0.2, 0) is 0 Å². The number of carbonyl (C=O) groups excluding carboxylic acids is 1. The maximum Gasteiger partial charge on any atom is 0.273 e. The van der Waals surface area contributed by atoms with E-state index in [9.17, 15) is 14.9 Å². The predicted octanol–water partition coefficient (Wildman–Crippen LogP) is 4.53. The number of hydrogen-bond acceptors (Lipinski definition) is 8. The van der Waals surface area contributed by atoms with Crippen molar-refractivity contribution in [3.8, 4) is 22.8 Å². The van der Waals surface area contributed by atoms with Crippen LogP contribution in [0.1, 0.15) is 15.9 Å². The first-order chi connectivity index (χ1) is 16.0. The van der Waals surface area contributed by atoms with Crippen molar-refractivity contribution in [1.29, 1.82) is 0 Å². The third-order valence-electron chi connectivity index (χ3n) is 4.96. The Morgan fingerprint density at radius 3 is 2.48 bits per heavy atom. The normalized spacial score (nSPS) is 10.7. The molecule has 0 saturated heterocycles. The monoisotopic (exact) mass is 461 g/mol. The summed E-state index contributed by atoms with van der Waals surface area (Å²) < 4.78 is 7.10. The lowest BCUT2D eigenvalue weighted by Crippen LogP contribution is -2.06. The van der Waals surface area contributed by atoms with Crippen LogP contribution in [-0.4, -0.2) is 43.3 Å². The average Bonchev–Trinajstić information content (AvgIpc) is 3.27. The maximum atomic E-state index is 12.8. The van der Waals surface area contributed by atoms with Gasteiger partial charge in [0.05, 0.1) is 17.8 Å². The minimum atomic E-state index is -0.486. The Hall–Kier alpha value is -4.05. The lowest BCUT2D eigenvalue weighted by molar-refractivity contribution is -0.385. The molecule has 0 bridgehead atoms. The first kappa shape index (κ1) is 22.2. The molecule has 0 aliphatic carbocycles. The Labute approximate surface area is 193 Å². The molecule has 2 aromatic heterocycles.